The molecular weight excluding hydrogens is 492 g/mol. The molecule has 0 amide bonds. The highest BCUT2D eigenvalue weighted by Crippen LogP contribution is 2.49. The molecule has 6 nitrogen and oxygen atoms in total. The molecule has 228 valence electrons. The lowest BCUT2D eigenvalue weighted by Crippen LogP contribution is -2.42. The van der Waals surface area contributed by atoms with Crippen LogP contribution in [0, 0.1) is 17.3 Å². The summed E-state index contributed by atoms with van der Waals surface area (Å²) in [5, 5.41) is 20.5. The first-order valence-electron chi connectivity index (χ1n) is 16.6. The summed E-state index contributed by atoms with van der Waals surface area (Å²) in [5.74, 6) is 1.57. The smallest absolute Gasteiger partial charge is 0.0837 e. The van der Waals surface area contributed by atoms with Crippen molar-refractivity contribution in [3.8, 4) is 0 Å². The van der Waals surface area contributed by atoms with Crippen LogP contribution in [0.2, 0.25) is 0 Å². The SMILES string of the molecule is CC(C)(C1CCC(OC2CCCCC2O)CC1)C1CCC(OC2CCCCC2O)CC1.CC1CO1.CC1CO1. The zero-order chi connectivity index (χ0) is 27.8. The van der Waals surface area contributed by atoms with Crippen LogP contribution < -0.4 is 0 Å². The molecule has 0 spiro atoms. The van der Waals surface area contributed by atoms with E-state index in [0.29, 0.717) is 29.8 Å². The third kappa shape index (κ3) is 10.5. The summed E-state index contributed by atoms with van der Waals surface area (Å²) in [5.41, 5.74) is 0.380. The Morgan fingerprint density at radius 3 is 1.13 bits per heavy atom. The van der Waals surface area contributed by atoms with E-state index in [9.17, 15) is 10.2 Å². The van der Waals surface area contributed by atoms with Crippen molar-refractivity contribution in [1.82, 2.24) is 0 Å². The number of aliphatic hydroxyl groups is 2. The first-order valence-corrected chi connectivity index (χ1v) is 16.6. The van der Waals surface area contributed by atoms with E-state index < -0.39 is 0 Å². The zero-order valence-electron chi connectivity index (χ0n) is 25.5. The van der Waals surface area contributed by atoms with Gasteiger partial charge < -0.3 is 29.2 Å². The summed E-state index contributed by atoms with van der Waals surface area (Å²) >= 11 is 0. The lowest BCUT2D eigenvalue weighted by molar-refractivity contribution is -0.119. The predicted molar refractivity (Wildman–Crippen MR) is 155 cm³/mol. The van der Waals surface area contributed by atoms with E-state index in [4.69, 9.17) is 18.9 Å². The van der Waals surface area contributed by atoms with Crippen molar-refractivity contribution in [2.24, 2.45) is 17.3 Å². The van der Waals surface area contributed by atoms with Gasteiger partial charge in [-0.3, -0.25) is 0 Å². The van der Waals surface area contributed by atoms with Gasteiger partial charge in [-0.25, -0.2) is 0 Å². The van der Waals surface area contributed by atoms with Crippen LogP contribution >= 0.6 is 0 Å². The minimum atomic E-state index is -0.241. The van der Waals surface area contributed by atoms with E-state index in [1.807, 2.05) is 0 Å². The second-order valence-electron chi connectivity index (χ2n) is 14.1. The van der Waals surface area contributed by atoms with Crippen molar-refractivity contribution in [2.75, 3.05) is 13.2 Å². The van der Waals surface area contributed by atoms with Crippen LogP contribution in [0.1, 0.15) is 130 Å². The van der Waals surface area contributed by atoms with E-state index in [1.165, 1.54) is 38.5 Å². The van der Waals surface area contributed by atoms with Crippen LogP contribution in [0.4, 0.5) is 0 Å². The summed E-state index contributed by atoms with van der Waals surface area (Å²) in [6, 6.07) is 0. The average molecular weight is 553 g/mol. The van der Waals surface area contributed by atoms with Crippen LogP contribution in [0.3, 0.4) is 0 Å². The largest absolute Gasteiger partial charge is 0.390 e. The molecule has 2 heterocycles. The highest BCUT2D eigenvalue weighted by molar-refractivity contribution is 4.92. The monoisotopic (exact) mass is 552 g/mol. The molecule has 0 aromatic heterocycles. The van der Waals surface area contributed by atoms with Gasteiger partial charge in [0.05, 0.1) is 62.0 Å². The maximum Gasteiger partial charge on any atom is 0.0837 e. The van der Waals surface area contributed by atoms with E-state index in [0.717, 1.165) is 89.3 Å². The summed E-state index contributed by atoms with van der Waals surface area (Å²) in [7, 11) is 0. The number of rotatable bonds is 6. The molecule has 0 aromatic carbocycles. The molecule has 6 fully saturated rings. The Morgan fingerprint density at radius 2 is 0.846 bits per heavy atom. The second-order valence-corrected chi connectivity index (χ2v) is 14.1. The third-order valence-corrected chi connectivity index (χ3v) is 10.5. The van der Waals surface area contributed by atoms with Crippen LogP contribution in [0.15, 0.2) is 0 Å². The van der Waals surface area contributed by atoms with Crippen LogP contribution in [-0.4, -0.2) is 72.3 Å². The maximum absolute atomic E-state index is 10.2. The fourth-order valence-corrected chi connectivity index (χ4v) is 7.38. The van der Waals surface area contributed by atoms with Gasteiger partial charge in [-0.2, -0.15) is 0 Å². The molecule has 2 aliphatic heterocycles. The number of hydrogen-bond acceptors (Lipinski definition) is 6. The number of hydrogen-bond donors (Lipinski definition) is 2. The maximum atomic E-state index is 10.2. The molecule has 6 rings (SSSR count). The molecule has 6 aliphatic rings. The summed E-state index contributed by atoms with van der Waals surface area (Å²) in [6.07, 6.45) is 19.9. The standard InChI is InChI=1S/C27H48O4.2C3H6O/c1-27(2,19-11-15-21(16-12-19)30-25-9-5-3-7-23(25)28)20-13-17-22(18-14-20)31-26-10-6-4-8-24(26)29;2*1-3-2-4-3/h19-26,28-29H,3-18H2,1-2H3;2*3H,2H2,1H3. The Bertz CT molecular complexity index is 620. The second kappa shape index (κ2) is 15.3. The summed E-state index contributed by atoms with van der Waals surface area (Å²) in [4.78, 5) is 0. The molecule has 39 heavy (non-hydrogen) atoms. The Labute approximate surface area is 238 Å². The summed E-state index contributed by atoms with van der Waals surface area (Å²) < 4.78 is 22.1. The molecular formula is C33H60O6. The van der Waals surface area contributed by atoms with Crippen molar-refractivity contribution in [3.63, 3.8) is 0 Å². The van der Waals surface area contributed by atoms with Crippen LogP contribution in [-0.2, 0) is 18.9 Å². The highest BCUT2D eigenvalue weighted by Gasteiger charge is 2.42. The molecule has 4 aliphatic carbocycles. The number of ether oxygens (including phenoxy) is 4. The molecule has 4 saturated carbocycles. The molecule has 2 saturated heterocycles. The number of epoxide rings is 2. The predicted octanol–water partition coefficient (Wildman–Crippen LogP) is 6.58. The molecule has 2 N–H and O–H groups in total. The van der Waals surface area contributed by atoms with Gasteiger partial charge in [-0.05, 0) is 108 Å². The normalized spacial score (nSPS) is 42.3. The lowest BCUT2D eigenvalue weighted by Gasteiger charge is -2.47. The fraction of sp³-hybridized carbons (Fsp3) is 1.00. The van der Waals surface area contributed by atoms with Gasteiger partial charge in [0.25, 0.3) is 0 Å². The average Bonchev–Trinajstić information content (AvgIpc) is 3.88. The van der Waals surface area contributed by atoms with Gasteiger partial charge in [0.15, 0.2) is 0 Å². The zero-order valence-corrected chi connectivity index (χ0v) is 25.5. The van der Waals surface area contributed by atoms with Crippen molar-refractivity contribution in [3.05, 3.63) is 0 Å². The molecule has 0 radical (unpaired) electrons. The quantitative estimate of drug-likeness (QED) is 0.362. The Hall–Kier alpha value is -0.240. The molecule has 6 heteroatoms. The van der Waals surface area contributed by atoms with E-state index >= 15 is 0 Å². The van der Waals surface area contributed by atoms with Crippen molar-refractivity contribution in [1.29, 1.82) is 0 Å². The van der Waals surface area contributed by atoms with Gasteiger partial charge in [0, 0.05) is 0 Å². The summed E-state index contributed by atoms with van der Waals surface area (Å²) in [6.45, 7) is 11.1. The Morgan fingerprint density at radius 1 is 0.538 bits per heavy atom. The highest BCUT2D eigenvalue weighted by atomic mass is 16.6. The Balaban J connectivity index is 0.000000376. The van der Waals surface area contributed by atoms with Crippen LogP contribution in [0.25, 0.3) is 0 Å². The lowest BCUT2D eigenvalue weighted by atomic mass is 9.60. The van der Waals surface area contributed by atoms with Gasteiger partial charge in [-0.1, -0.05) is 39.5 Å². The van der Waals surface area contributed by atoms with Gasteiger partial charge in [-0.15, -0.1) is 0 Å². The molecule has 6 unspecified atom stereocenters. The first kappa shape index (κ1) is 31.7. The van der Waals surface area contributed by atoms with E-state index in [-0.39, 0.29) is 24.4 Å². The van der Waals surface area contributed by atoms with Crippen molar-refractivity contribution < 1.29 is 29.2 Å². The number of aliphatic hydroxyl groups excluding tert-OH is 2. The fourth-order valence-electron chi connectivity index (χ4n) is 7.38. The van der Waals surface area contributed by atoms with Crippen LogP contribution in [0.5, 0.6) is 0 Å². The molecule has 6 atom stereocenters. The third-order valence-electron chi connectivity index (χ3n) is 10.5. The van der Waals surface area contributed by atoms with Crippen molar-refractivity contribution >= 4 is 0 Å². The molecule has 0 bridgehead atoms. The van der Waals surface area contributed by atoms with E-state index in [1.54, 1.807) is 0 Å². The van der Waals surface area contributed by atoms with Crippen molar-refractivity contribution in [2.45, 2.75) is 179 Å². The Kier molecular flexibility index (Phi) is 12.4. The molecule has 0 aromatic rings. The van der Waals surface area contributed by atoms with Gasteiger partial charge in [0.1, 0.15) is 0 Å². The van der Waals surface area contributed by atoms with E-state index in [2.05, 4.69) is 27.7 Å². The van der Waals surface area contributed by atoms with Gasteiger partial charge in [0.2, 0.25) is 0 Å². The topological polar surface area (TPSA) is 84.0 Å². The first-order chi connectivity index (χ1) is 18.7. The minimum Gasteiger partial charge on any atom is -0.390 e. The minimum absolute atomic E-state index is 0.0845. The van der Waals surface area contributed by atoms with Gasteiger partial charge >= 0.3 is 0 Å².